The molecule has 0 amide bonds. The van der Waals surface area contributed by atoms with Crippen molar-refractivity contribution in [3.8, 4) is 11.5 Å². The van der Waals surface area contributed by atoms with E-state index in [4.69, 9.17) is 4.74 Å². The summed E-state index contributed by atoms with van der Waals surface area (Å²) in [6, 6.07) is 5.55. The molecule has 2 aliphatic rings. The van der Waals surface area contributed by atoms with Crippen LogP contribution in [0.5, 0.6) is 11.5 Å². The third-order valence-electron chi connectivity index (χ3n) is 4.60. The van der Waals surface area contributed by atoms with Gasteiger partial charge < -0.3 is 20.3 Å². The van der Waals surface area contributed by atoms with E-state index in [1.54, 1.807) is 12.1 Å². The second-order valence-electron chi connectivity index (χ2n) is 5.93. The van der Waals surface area contributed by atoms with Gasteiger partial charge >= 0.3 is 0 Å². The highest BCUT2D eigenvalue weighted by Gasteiger charge is 2.31. The van der Waals surface area contributed by atoms with Crippen molar-refractivity contribution in [1.82, 2.24) is 10.2 Å². The van der Waals surface area contributed by atoms with Crippen LogP contribution in [-0.4, -0.2) is 54.5 Å². The fraction of sp³-hybridized carbons (Fsp3) is 0.625. The van der Waals surface area contributed by atoms with Gasteiger partial charge in [0.2, 0.25) is 0 Å². The number of aromatic hydroxyl groups is 2. The Morgan fingerprint density at radius 1 is 1.10 bits per heavy atom. The zero-order valence-electron chi connectivity index (χ0n) is 12.3. The molecule has 0 radical (unpaired) electrons. The Kier molecular flexibility index (Phi) is 4.63. The number of hydrogen-bond acceptors (Lipinski definition) is 5. The van der Waals surface area contributed by atoms with E-state index in [9.17, 15) is 10.2 Å². The molecule has 1 aromatic carbocycles. The largest absolute Gasteiger partial charge is 0.504 e. The fourth-order valence-corrected chi connectivity index (χ4v) is 3.50. The molecule has 21 heavy (non-hydrogen) atoms. The van der Waals surface area contributed by atoms with Crippen LogP contribution in [0.3, 0.4) is 0 Å². The second kappa shape index (κ2) is 6.64. The van der Waals surface area contributed by atoms with E-state index in [0.29, 0.717) is 12.0 Å². The summed E-state index contributed by atoms with van der Waals surface area (Å²) in [7, 11) is 0. The molecule has 116 valence electrons. The van der Waals surface area contributed by atoms with E-state index >= 15 is 0 Å². The monoisotopic (exact) mass is 292 g/mol. The van der Waals surface area contributed by atoms with Crippen molar-refractivity contribution in [3.63, 3.8) is 0 Å². The van der Waals surface area contributed by atoms with Crippen LogP contribution in [0.15, 0.2) is 18.2 Å². The van der Waals surface area contributed by atoms with Crippen molar-refractivity contribution in [3.05, 3.63) is 23.8 Å². The van der Waals surface area contributed by atoms with Crippen LogP contribution in [0.1, 0.15) is 24.4 Å². The number of benzene rings is 1. The Morgan fingerprint density at radius 2 is 1.81 bits per heavy atom. The third kappa shape index (κ3) is 3.31. The summed E-state index contributed by atoms with van der Waals surface area (Å²) in [4.78, 5) is 2.50. The summed E-state index contributed by atoms with van der Waals surface area (Å²) >= 11 is 0. The van der Waals surface area contributed by atoms with Crippen LogP contribution >= 0.6 is 0 Å². The first kappa shape index (κ1) is 14.6. The Labute approximate surface area is 125 Å². The van der Waals surface area contributed by atoms with Crippen LogP contribution in [-0.2, 0) is 4.74 Å². The smallest absolute Gasteiger partial charge is 0.157 e. The van der Waals surface area contributed by atoms with Gasteiger partial charge in [0, 0.05) is 45.4 Å². The maximum Gasteiger partial charge on any atom is 0.157 e. The highest BCUT2D eigenvalue weighted by atomic mass is 16.5. The van der Waals surface area contributed by atoms with Gasteiger partial charge in [-0.3, -0.25) is 4.90 Å². The number of rotatable bonds is 3. The molecule has 3 N–H and O–H groups in total. The number of hydrogen-bond donors (Lipinski definition) is 3. The molecule has 0 unspecified atom stereocenters. The third-order valence-corrected chi connectivity index (χ3v) is 4.60. The molecule has 3 rings (SSSR count). The minimum absolute atomic E-state index is 0.0281. The molecule has 5 heteroatoms. The van der Waals surface area contributed by atoms with E-state index in [1.807, 2.05) is 6.07 Å². The molecular weight excluding hydrogens is 268 g/mol. The first-order valence-corrected chi connectivity index (χ1v) is 7.80. The van der Waals surface area contributed by atoms with Gasteiger partial charge in [-0.1, -0.05) is 6.07 Å². The van der Waals surface area contributed by atoms with Crippen molar-refractivity contribution in [2.45, 2.75) is 18.9 Å². The predicted octanol–water partition coefficient (Wildman–Crippen LogP) is 1.47. The number of ether oxygens (including phenoxy) is 1. The van der Waals surface area contributed by atoms with Crippen LogP contribution in [0.2, 0.25) is 0 Å². The number of nitrogens with one attached hydrogen (secondary N) is 1. The lowest BCUT2D eigenvalue weighted by Gasteiger charge is -2.41. The van der Waals surface area contributed by atoms with Crippen molar-refractivity contribution >= 4 is 0 Å². The van der Waals surface area contributed by atoms with Crippen LogP contribution in [0.25, 0.3) is 0 Å². The normalized spacial score (nSPS) is 23.0. The summed E-state index contributed by atoms with van der Waals surface area (Å²) in [6.45, 7) is 5.68. The average molecular weight is 292 g/mol. The minimum atomic E-state index is -0.0511. The molecule has 1 atom stereocenters. The van der Waals surface area contributed by atoms with Gasteiger partial charge in [-0.2, -0.15) is 0 Å². The maximum absolute atomic E-state index is 9.84. The number of phenols is 2. The van der Waals surface area contributed by atoms with Crippen molar-refractivity contribution in [1.29, 1.82) is 0 Å². The summed E-state index contributed by atoms with van der Waals surface area (Å²) in [5.41, 5.74) is 1.10. The minimum Gasteiger partial charge on any atom is -0.504 e. The Hall–Kier alpha value is -1.30. The fourth-order valence-electron chi connectivity index (χ4n) is 3.50. The predicted molar refractivity (Wildman–Crippen MR) is 80.5 cm³/mol. The molecule has 0 spiro atoms. The van der Waals surface area contributed by atoms with Crippen LogP contribution in [0.4, 0.5) is 0 Å². The molecule has 0 saturated carbocycles. The van der Waals surface area contributed by atoms with Crippen molar-refractivity contribution in [2.24, 2.45) is 5.92 Å². The van der Waals surface area contributed by atoms with E-state index in [0.717, 1.165) is 57.8 Å². The van der Waals surface area contributed by atoms with Crippen molar-refractivity contribution in [2.75, 3.05) is 39.4 Å². The molecule has 0 bridgehead atoms. The topological polar surface area (TPSA) is 65.0 Å². The van der Waals surface area contributed by atoms with E-state index in [-0.39, 0.29) is 11.5 Å². The lowest BCUT2D eigenvalue weighted by molar-refractivity contribution is 0.0212. The molecule has 2 aliphatic heterocycles. The first-order valence-electron chi connectivity index (χ1n) is 7.80. The highest BCUT2D eigenvalue weighted by molar-refractivity contribution is 5.41. The van der Waals surface area contributed by atoms with Gasteiger partial charge in [0.1, 0.15) is 0 Å². The Bertz CT molecular complexity index is 451. The summed E-state index contributed by atoms with van der Waals surface area (Å²) < 4.78 is 5.50. The van der Waals surface area contributed by atoms with E-state index < -0.39 is 0 Å². The second-order valence-corrected chi connectivity index (χ2v) is 5.93. The summed E-state index contributed by atoms with van der Waals surface area (Å²) in [5.74, 6) is 0.463. The molecule has 0 aliphatic carbocycles. The molecule has 0 aromatic heterocycles. The Balaban J connectivity index is 1.87. The molecule has 5 nitrogen and oxygen atoms in total. The molecule has 1 aromatic rings. The van der Waals surface area contributed by atoms with Crippen LogP contribution < -0.4 is 5.32 Å². The van der Waals surface area contributed by atoms with Gasteiger partial charge in [0.25, 0.3) is 0 Å². The quantitative estimate of drug-likeness (QED) is 0.736. The summed E-state index contributed by atoms with van der Waals surface area (Å²) in [5, 5.41) is 22.8. The Morgan fingerprint density at radius 3 is 2.48 bits per heavy atom. The van der Waals surface area contributed by atoms with Gasteiger partial charge in [0.05, 0.1) is 0 Å². The molecule has 2 fully saturated rings. The van der Waals surface area contributed by atoms with Gasteiger partial charge in [-0.25, -0.2) is 0 Å². The van der Waals surface area contributed by atoms with Crippen LogP contribution in [0, 0.1) is 5.92 Å². The van der Waals surface area contributed by atoms with Crippen molar-refractivity contribution < 1.29 is 14.9 Å². The zero-order valence-corrected chi connectivity index (χ0v) is 12.3. The molecular formula is C16H24N2O3. The van der Waals surface area contributed by atoms with E-state index in [1.165, 1.54) is 0 Å². The maximum atomic E-state index is 9.84. The average Bonchev–Trinajstić information content (AvgIpc) is 2.53. The lowest BCUT2D eigenvalue weighted by Crippen LogP contribution is -2.47. The number of nitrogens with zero attached hydrogens (tertiary/aromatic N) is 1. The number of piperazine rings is 1. The first-order chi connectivity index (χ1) is 10.3. The highest BCUT2D eigenvalue weighted by Crippen LogP contribution is 2.38. The number of phenolic OH excluding ortho intramolecular Hbond substituents is 2. The summed E-state index contributed by atoms with van der Waals surface area (Å²) in [6.07, 6.45) is 2.10. The lowest BCUT2D eigenvalue weighted by atomic mass is 9.85. The molecule has 2 saturated heterocycles. The van der Waals surface area contributed by atoms with Gasteiger partial charge in [0.15, 0.2) is 11.5 Å². The standard InChI is InChI=1S/C16H24N2O3/c19-14-2-1-13(11-15(14)20)16(12-3-9-21-10-4-12)18-7-5-17-6-8-18/h1-2,11-12,16-17,19-20H,3-10H2/t16-/m0/s1. The molecule has 2 heterocycles. The van der Waals surface area contributed by atoms with Gasteiger partial charge in [-0.05, 0) is 36.5 Å². The zero-order chi connectivity index (χ0) is 14.7. The SMILES string of the molecule is Oc1ccc([C@H](C2CCOCC2)N2CCNCC2)cc1O. The van der Waals surface area contributed by atoms with Gasteiger partial charge in [-0.15, -0.1) is 0 Å². The van der Waals surface area contributed by atoms with E-state index in [2.05, 4.69) is 10.2 Å².